The molecule has 0 bridgehead atoms. The molecule has 0 aliphatic heterocycles. The number of rotatable bonds is 5. The van der Waals surface area contributed by atoms with Crippen molar-refractivity contribution < 1.29 is 19.4 Å². The van der Waals surface area contributed by atoms with E-state index in [0.717, 1.165) is 22.3 Å². The molecule has 2 aromatic carbocycles. The van der Waals surface area contributed by atoms with Gasteiger partial charge in [-0.3, -0.25) is 0 Å². The van der Waals surface area contributed by atoms with Gasteiger partial charge in [-0.2, -0.15) is 0 Å². The van der Waals surface area contributed by atoms with Crippen LogP contribution in [0.5, 0.6) is 0 Å². The van der Waals surface area contributed by atoms with Crippen LogP contribution in [0.25, 0.3) is 11.1 Å². The summed E-state index contributed by atoms with van der Waals surface area (Å²) in [4.78, 5) is 23.2. The van der Waals surface area contributed by atoms with Crippen LogP contribution < -0.4 is 5.32 Å². The van der Waals surface area contributed by atoms with Crippen molar-refractivity contribution in [3.05, 3.63) is 59.7 Å². The van der Waals surface area contributed by atoms with Gasteiger partial charge in [0.05, 0.1) is 0 Å². The fourth-order valence-corrected chi connectivity index (χ4v) is 3.63. The van der Waals surface area contributed by atoms with Crippen molar-refractivity contribution in [2.24, 2.45) is 0 Å². The van der Waals surface area contributed by atoms with E-state index in [1.807, 2.05) is 59.0 Å². The molecule has 1 aliphatic carbocycles. The van der Waals surface area contributed by atoms with Crippen LogP contribution in [0.2, 0.25) is 0 Å². The summed E-state index contributed by atoms with van der Waals surface area (Å²) < 4.78 is 5.10. The maximum absolute atomic E-state index is 12.0. The molecular formula is C19H18INO4. The van der Waals surface area contributed by atoms with Crippen LogP contribution in [-0.2, 0) is 9.53 Å². The quantitative estimate of drug-likeness (QED) is 0.536. The molecular weight excluding hydrogens is 433 g/mol. The molecule has 2 aromatic rings. The lowest BCUT2D eigenvalue weighted by atomic mass is 9.98. The third-order valence-corrected chi connectivity index (χ3v) is 5.06. The van der Waals surface area contributed by atoms with Crippen LogP contribution in [0, 0.1) is 0 Å². The van der Waals surface area contributed by atoms with E-state index in [1.165, 1.54) is 0 Å². The van der Waals surface area contributed by atoms with Crippen molar-refractivity contribution in [2.75, 3.05) is 6.61 Å². The van der Waals surface area contributed by atoms with Crippen molar-refractivity contribution in [3.63, 3.8) is 0 Å². The first-order chi connectivity index (χ1) is 12.0. The molecule has 130 valence electrons. The summed E-state index contributed by atoms with van der Waals surface area (Å²) >= 11 is 1.97. The lowest BCUT2D eigenvalue weighted by Crippen LogP contribution is -2.46. The summed E-state index contributed by atoms with van der Waals surface area (Å²) in [5.74, 6) is -1.12. The number of ether oxygens (including phenoxy) is 1. The largest absolute Gasteiger partial charge is 0.480 e. The SMILES string of the molecule is CC(I)C(NC(=O)OCC1c2ccccc2-c2ccccc21)C(=O)O. The molecule has 1 amide bonds. The Hall–Kier alpha value is -2.09. The first kappa shape index (κ1) is 17.7. The minimum atomic E-state index is -1.07. The average molecular weight is 451 g/mol. The molecule has 2 N–H and O–H groups in total. The molecule has 0 fully saturated rings. The molecule has 0 spiro atoms. The Bertz CT molecular complexity index is 760. The molecule has 0 heterocycles. The predicted octanol–water partition coefficient (Wildman–Crippen LogP) is 3.80. The average Bonchev–Trinajstić information content (AvgIpc) is 2.91. The predicted molar refractivity (Wildman–Crippen MR) is 103 cm³/mol. The molecule has 2 unspecified atom stereocenters. The first-order valence-corrected chi connectivity index (χ1v) is 9.22. The normalized spacial score (nSPS) is 15.0. The summed E-state index contributed by atoms with van der Waals surface area (Å²) in [6.45, 7) is 1.89. The number of halogens is 1. The Morgan fingerprint density at radius 3 is 2.12 bits per heavy atom. The molecule has 3 rings (SSSR count). The van der Waals surface area contributed by atoms with E-state index in [1.54, 1.807) is 6.92 Å². The second kappa shape index (κ2) is 7.43. The fourth-order valence-electron chi connectivity index (χ4n) is 3.14. The number of carbonyl (C=O) groups is 2. The molecule has 5 nitrogen and oxygen atoms in total. The van der Waals surface area contributed by atoms with Crippen LogP contribution >= 0.6 is 22.6 Å². The molecule has 25 heavy (non-hydrogen) atoms. The Labute approximate surface area is 159 Å². The number of nitrogens with one attached hydrogen (secondary N) is 1. The summed E-state index contributed by atoms with van der Waals surface area (Å²) in [5, 5.41) is 11.6. The standard InChI is InChI=1S/C19H18INO4/c1-11(20)17(18(22)23)21-19(24)25-10-16-14-8-4-2-6-12(14)13-7-3-5-9-15(13)16/h2-9,11,16-17H,10H2,1H3,(H,21,24)(H,22,23). The monoisotopic (exact) mass is 451 g/mol. The zero-order chi connectivity index (χ0) is 18.0. The van der Waals surface area contributed by atoms with Crippen molar-refractivity contribution in [1.82, 2.24) is 5.32 Å². The Balaban J connectivity index is 1.73. The minimum absolute atomic E-state index is 0.0431. The number of alkyl carbamates (subject to hydrolysis) is 1. The summed E-state index contributed by atoms with van der Waals surface area (Å²) in [6, 6.07) is 15.1. The van der Waals surface area contributed by atoms with Gasteiger partial charge in [-0.05, 0) is 22.3 Å². The van der Waals surface area contributed by atoms with E-state index in [2.05, 4.69) is 17.4 Å². The number of fused-ring (bicyclic) bond motifs is 3. The number of hydrogen-bond acceptors (Lipinski definition) is 3. The van der Waals surface area contributed by atoms with E-state index in [0.29, 0.717) is 0 Å². The van der Waals surface area contributed by atoms with E-state index in [9.17, 15) is 9.59 Å². The second-order valence-corrected chi connectivity index (χ2v) is 7.93. The molecule has 0 saturated heterocycles. The van der Waals surface area contributed by atoms with Crippen molar-refractivity contribution in [2.45, 2.75) is 22.8 Å². The summed E-state index contributed by atoms with van der Waals surface area (Å²) in [5.41, 5.74) is 4.54. The van der Waals surface area contributed by atoms with Gasteiger partial charge in [0, 0.05) is 9.84 Å². The van der Waals surface area contributed by atoms with Crippen LogP contribution in [0.3, 0.4) is 0 Å². The van der Waals surface area contributed by atoms with Crippen LogP contribution in [-0.4, -0.2) is 33.7 Å². The van der Waals surface area contributed by atoms with Gasteiger partial charge in [-0.1, -0.05) is 78.0 Å². The molecule has 0 aromatic heterocycles. The number of carbonyl (C=O) groups excluding carboxylic acids is 1. The van der Waals surface area contributed by atoms with Crippen molar-refractivity contribution in [3.8, 4) is 11.1 Å². The highest BCUT2D eigenvalue weighted by molar-refractivity contribution is 14.1. The Morgan fingerprint density at radius 2 is 1.64 bits per heavy atom. The van der Waals surface area contributed by atoms with Gasteiger partial charge in [0.25, 0.3) is 0 Å². The fraction of sp³-hybridized carbons (Fsp3) is 0.263. The number of aliphatic carboxylic acids is 1. The number of alkyl halides is 1. The van der Waals surface area contributed by atoms with E-state index in [4.69, 9.17) is 9.84 Å². The number of carboxylic acids is 1. The first-order valence-electron chi connectivity index (χ1n) is 7.97. The number of carboxylic acid groups (broad SMARTS) is 1. The topological polar surface area (TPSA) is 75.6 Å². The van der Waals surface area contributed by atoms with Crippen molar-refractivity contribution in [1.29, 1.82) is 0 Å². The molecule has 0 saturated carbocycles. The van der Waals surface area contributed by atoms with Gasteiger partial charge in [-0.15, -0.1) is 0 Å². The Kier molecular flexibility index (Phi) is 5.27. The van der Waals surface area contributed by atoms with E-state index >= 15 is 0 Å². The third kappa shape index (κ3) is 3.63. The van der Waals surface area contributed by atoms with E-state index in [-0.39, 0.29) is 16.4 Å². The maximum Gasteiger partial charge on any atom is 0.407 e. The number of benzene rings is 2. The minimum Gasteiger partial charge on any atom is -0.480 e. The van der Waals surface area contributed by atoms with E-state index < -0.39 is 18.1 Å². The lowest BCUT2D eigenvalue weighted by molar-refractivity contribution is -0.139. The third-order valence-electron chi connectivity index (χ3n) is 4.34. The summed E-state index contributed by atoms with van der Waals surface area (Å²) in [6.07, 6.45) is -0.710. The Morgan fingerprint density at radius 1 is 1.12 bits per heavy atom. The van der Waals surface area contributed by atoms with Gasteiger partial charge >= 0.3 is 12.1 Å². The highest BCUT2D eigenvalue weighted by Gasteiger charge is 2.30. The van der Waals surface area contributed by atoms with Gasteiger partial charge in [-0.25, -0.2) is 9.59 Å². The van der Waals surface area contributed by atoms with Gasteiger partial charge < -0.3 is 15.2 Å². The number of amides is 1. The zero-order valence-electron chi connectivity index (χ0n) is 13.6. The van der Waals surface area contributed by atoms with Crippen LogP contribution in [0.4, 0.5) is 4.79 Å². The molecule has 1 aliphatic rings. The molecule has 2 atom stereocenters. The molecule has 6 heteroatoms. The highest BCUT2D eigenvalue weighted by Crippen LogP contribution is 2.44. The molecule has 0 radical (unpaired) electrons. The van der Waals surface area contributed by atoms with Gasteiger partial charge in [0.15, 0.2) is 0 Å². The highest BCUT2D eigenvalue weighted by atomic mass is 127. The van der Waals surface area contributed by atoms with Gasteiger partial charge in [0.2, 0.25) is 0 Å². The van der Waals surface area contributed by atoms with Crippen LogP contribution in [0.15, 0.2) is 48.5 Å². The number of hydrogen-bond donors (Lipinski definition) is 2. The maximum atomic E-state index is 12.0. The van der Waals surface area contributed by atoms with Gasteiger partial charge in [0.1, 0.15) is 12.6 Å². The second-order valence-electron chi connectivity index (χ2n) is 5.96. The summed E-state index contributed by atoms with van der Waals surface area (Å²) in [7, 11) is 0. The zero-order valence-corrected chi connectivity index (χ0v) is 15.8. The smallest absolute Gasteiger partial charge is 0.407 e. The van der Waals surface area contributed by atoms with Crippen LogP contribution in [0.1, 0.15) is 24.0 Å². The van der Waals surface area contributed by atoms with Crippen molar-refractivity contribution >= 4 is 34.7 Å². The lowest BCUT2D eigenvalue weighted by Gasteiger charge is -2.18.